The fraction of sp³-hybridized carbons (Fsp3) is 0.417. The normalized spacial score (nSPS) is 17.8. The van der Waals surface area contributed by atoms with E-state index in [2.05, 4.69) is 70.2 Å². The summed E-state index contributed by atoms with van der Waals surface area (Å²) in [4.78, 5) is 17.3. The summed E-state index contributed by atoms with van der Waals surface area (Å²) < 4.78 is 0. The van der Waals surface area contributed by atoms with Gasteiger partial charge in [0, 0.05) is 50.3 Å². The molecule has 29 heavy (non-hydrogen) atoms. The number of piperidine rings is 1. The van der Waals surface area contributed by atoms with E-state index in [1.54, 1.807) is 0 Å². The van der Waals surface area contributed by atoms with Gasteiger partial charge < -0.3 is 14.7 Å². The van der Waals surface area contributed by atoms with Crippen LogP contribution in [0.1, 0.15) is 24.8 Å². The first-order valence-corrected chi connectivity index (χ1v) is 10.9. The van der Waals surface area contributed by atoms with Crippen LogP contribution in [-0.4, -0.2) is 49.2 Å². The minimum atomic E-state index is 0.882. The van der Waals surface area contributed by atoms with Crippen molar-refractivity contribution in [2.24, 2.45) is 0 Å². The second kappa shape index (κ2) is 7.90. The number of para-hydroxylation sites is 1. The molecule has 0 unspecified atom stereocenters. The average molecular weight is 388 g/mol. The van der Waals surface area contributed by atoms with Crippen LogP contribution < -0.4 is 14.7 Å². The summed E-state index contributed by atoms with van der Waals surface area (Å²) >= 11 is 0. The topological polar surface area (TPSA) is 35.5 Å². The number of fused-ring (bicyclic) bond motifs is 1. The van der Waals surface area contributed by atoms with Gasteiger partial charge in [0.05, 0.1) is 5.52 Å². The molecule has 1 aromatic heterocycles. The van der Waals surface area contributed by atoms with Crippen molar-refractivity contribution >= 4 is 28.4 Å². The Morgan fingerprint density at radius 2 is 1.34 bits per heavy atom. The van der Waals surface area contributed by atoms with E-state index in [1.165, 1.54) is 35.9 Å². The van der Waals surface area contributed by atoms with Gasteiger partial charge in [-0.05, 0) is 50.5 Å². The molecule has 0 saturated carbocycles. The number of rotatable bonds is 3. The minimum absolute atomic E-state index is 0.882. The van der Waals surface area contributed by atoms with Gasteiger partial charge in [-0.25, -0.2) is 4.98 Å². The molecule has 0 N–H and O–H groups in total. The van der Waals surface area contributed by atoms with Gasteiger partial charge in [-0.2, -0.15) is 4.98 Å². The Labute approximate surface area is 173 Å². The van der Waals surface area contributed by atoms with Crippen molar-refractivity contribution in [2.75, 3.05) is 54.0 Å². The molecule has 2 aliphatic rings. The number of piperazine rings is 1. The molecule has 3 aromatic rings. The monoisotopic (exact) mass is 387 g/mol. The maximum Gasteiger partial charge on any atom is 0.228 e. The fourth-order valence-corrected chi connectivity index (χ4v) is 4.46. The molecule has 2 saturated heterocycles. The summed E-state index contributed by atoms with van der Waals surface area (Å²) in [6.07, 6.45) is 3.83. The molecule has 5 heteroatoms. The number of benzene rings is 2. The third kappa shape index (κ3) is 3.74. The maximum atomic E-state index is 5.08. The van der Waals surface area contributed by atoms with Crippen LogP contribution >= 0.6 is 0 Å². The van der Waals surface area contributed by atoms with E-state index in [1.807, 2.05) is 0 Å². The molecule has 0 spiro atoms. The Morgan fingerprint density at radius 3 is 2.10 bits per heavy atom. The van der Waals surface area contributed by atoms with Crippen molar-refractivity contribution in [3.63, 3.8) is 0 Å². The smallest absolute Gasteiger partial charge is 0.228 e. The summed E-state index contributed by atoms with van der Waals surface area (Å²) in [5.41, 5.74) is 3.67. The van der Waals surface area contributed by atoms with E-state index in [4.69, 9.17) is 9.97 Å². The Bertz CT molecular complexity index is 970. The summed E-state index contributed by atoms with van der Waals surface area (Å²) in [6.45, 7) is 8.23. The van der Waals surface area contributed by atoms with Crippen molar-refractivity contribution in [3.8, 4) is 0 Å². The lowest BCUT2D eigenvalue weighted by molar-refractivity contribution is 0.573. The summed E-state index contributed by atoms with van der Waals surface area (Å²) in [5.74, 6) is 2.00. The fourth-order valence-electron chi connectivity index (χ4n) is 4.46. The van der Waals surface area contributed by atoms with Crippen LogP contribution in [0.25, 0.3) is 10.9 Å². The summed E-state index contributed by atoms with van der Waals surface area (Å²) in [6, 6.07) is 17.3. The van der Waals surface area contributed by atoms with Crippen molar-refractivity contribution in [3.05, 3.63) is 54.1 Å². The summed E-state index contributed by atoms with van der Waals surface area (Å²) in [7, 11) is 0. The van der Waals surface area contributed by atoms with E-state index in [0.717, 1.165) is 56.6 Å². The molecule has 0 radical (unpaired) electrons. The molecule has 150 valence electrons. The largest absolute Gasteiger partial charge is 0.368 e. The average Bonchev–Trinajstić information content (AvgIpc) is 2.79. The van der Waals surface area contributed by atoms with Crippen LogP contribution in [0.5, 0.6) is 0 Å². The van der Waals surface area contributed by atoms with E-state index in [0.29, 0.717) is 0 Å². The first-order valence-electron chi connectivity index (χ1n) is 10.9. The quantitative estimate of drug-likeness (QED) is 0.671. The minimum Gasteiger partial charge on any atom is -0.368 e. The molecule has 2 fully saturated rings. The van der Waals surface area contributed by atoms with Gasteiger partial charge in [-0.1, -0.05) is 29.8 Å². The van der Waals surface area contributed by atoms with Crippen LogP contribution in [0.2, 0.25) is 0 Å². The highest BCUT2D eigenvalue weighted by atomic mass is 15.3. The van der Waals surface area contributed by atoms with E-state index < -0.39 is 0 Å². The Kier molecular flexibility index (Phi) is 4.96. The van der Waals surface area contributed by atoms with Crippen molar-refractivity contribution < 1.29 is 0 Å². The number of nitrogens with zero attached hydrogens (tertiary/aromatic N) is 5. The number of hydrogen-bond donors (Lipinski definition) is 0. The zero-order valence-electron chi connectivity index (χ0n) is 17.2. The Morgan fingerprint density at radius 1 is 0.655 bits per heavy atom. The number of anilines is 3. The molecular formula is C24H29N5. The highest BCUT2D eigenvalue weighted by Gasteiger charge is 2.22. The predicted molar refractivity (Wildman–Crippen MR) is 121 cm³/mol. The van der Waals surface area contributed by atoms with Crippen LogP contribution in [0, 0.1) is 6.92 Å². The van der Waals surface area contributed by atoms with E-state index in [-0.39, 0.29) is 0 Å². The van der Waals surface area contributed by atoms with Gasteiger partial charge in [0.1, 0.15) is 5.82 Å². The molecule has 5 nitrogen and oxygen atoms in total. The molecule has 0 bridgehead atoms. The van der Waals surface area contributed by atoms with E-state index >= 15 is 0 Å². The highest BCUT2D eigenvalue weighted by molar-refractivity contribution is 5.90. The van der Waals surface area contributed by atoms with Gasteiger partial charge in [0.25, 0.3) is 0 Å². The Hall–Kier alpha value is -2.82. The first kappa shape index (κ1) is 18.2. The van der Waals surface area contributed by atoms with E-state index in [9.17, 15) is 0 Å². The Balaban J connectivity index is 1.39. The zero-order valence-corrected chi connectivity index (χ0v) is 17.2. The highest BCUT2D eigenvalue weighted by Crippen LogP contribution is 2.29. The number of aryl methyl sites for hydroxylation is 1. The van der Waals surface area contributed by atoms with Crippen LogP contribution in [0.3, 0.4) is 0 Å². The van der Waals surface area contributed by atoms with Crippen molar-refractivity contribution in [1.82, 2.24) is 9.97 Å². The lowest BCUT2D eigenvalue weighted by atomic mass is 10.1. The molecule has 0 aliphatic carbocycles. The molecule has 5 rings (SSSR count). The summed E-state index contributed by atoms with van der Waals surface area (Å²) in [5, 5.41) is 1.18. The zero-order chi connectivity index (χ0) is 19.6. The SMILES string of the molecule is Cc1ccc(N2CCN(c3nc(N4CCCCC4)c4ccccc4n3)CC2)cc1. The lowest BCUT2D eigenvalue weighted by Gasteiger charge is -2.37. The molecule has 2 aliphatic heterocycles. The standard InChI is InChI=1S/C24H29N5/c1-19-9-11-20(12-10-19)27-15-17-29(18-16-27)24-25-22-8-4-3-7-21(22)23(26-24)28-13-5-2-6-14-28/h3-4,7-12H,2,5-6,13-18H2,1H3. The van der Waals surface area contributed by atoms with Gasteiger partial charge in [0.2, 0.25) is 5.95 Å². The number of hydrogen-bond acceptors (Lipinski definition) is 5. The van der Waals surface area contributed by atoms with Gasteiger partial charge in [0.15, 0.2) is 0 Å². The van der Waals surface area contributed by atoms with Crippen LogP contribution in [-0.2, 0) is 0 Å². The van der Waals surface area contributed by atoms with Crippen molar-refractivity contribution in [2.45, 2.75) is 26.2 Å². The van der Waals surface area contributed by atoms with Crippen LogP contribution in [0.4, 0.5) is 17.5 Å². The first-order chi connectivity index (χ1) is 14.3. The predicted octanol–water partition coefficient (Wildman–Crippen LogP) is 4.26. The second-order valence-electron chi connectivity index (χ2n) is 8.22. The number of aromatic nitrogens is 2. The molecular weight excluding hydrogens is 358 g/mol. The van der Waals surface area contributed by atoms with Crippen LogP contribution in [0.15, 0.2) is 48.5 Å². The molecule has 0 amide bonds. The maximum absolute atomic E-state index is 5.08. The van der Waals surface area contributed by atoms with Gasteiger partial charge in [-0.3, -0.25) is 0 Å². The molecule has 0 atom stereocenters. The lowest BCUT2D eigenvalue weighted by Crippen LogP contribution is -2.47. The second-order valence-corrected chi connectivity index (χ2v) is 8.22. The van der Waals surface area contributed by atoms with Gasteiger partial charge in [-0.15, -0.1) is 0 Å². The molecule has 2 aromatic carbocycles. The third-order valence-electron chi connectivity index (χ3n) is 6.19. The third-order valence-corrected chi connectivity index (χ3v) is 6.19. The molecule has 3 heterocycles. The van der Waals surface area contributed by atoms with Gasteiger partial charge >= 0.3 is 0 Å². The van der Waals surface area contributed by atoms with Crippen molar-refractivity contribution in [1.29, 1.82) is 0 Å².